The molecule has 120 valence electrons. The van der Waals surface area contributed by atoms with Crippen molar-refractivity contribution in [2.45, 2.75) is 59.4 Å². The van der Waals surface area contributed by atoms with E-state index in [1.807, 2.05) is 7.05 Å². The van der Waals surface area contributed by atoms with Crippen LogP contribution in [0, 0.1) is 0 Å². The Morgan fingerprint density at radius 2 is 1.38 bits per heavy atom. The lowest BCUT2D eigenvalue weighted by Gasteiger charge is -2.32. The quantitative estimate of drug-likeness (QED) is 0.729. The molecule has 0 aliphatic rings. The average molecular weight is 294 g/mol. The van der Waals surface area contributed by atoms with Crippen LogP contribution < -0.4 is 15.5 Å². The predicted octanol–water partition coefficient (Wildman–Crippen LogP) is 3.14. The highest BCUT2D eigenvalue weighted by Gasteiger charge is 2.25. The second-order valence-corrected chi connectivity index (χ2v) is 5.17. The van der Waals surface area contributed by atoms with Gasteiger partial charge in [-0.05, 0) is 33.1 Å². The van der Waals surface area contributed by atoms with Crippen LogP contribution in [0.2, 0.25) is 0 Å². The van der Waals surface area contributed by atoms with E-state index >= 15 is 0 Å². The summed E-state index contributed by atoms with van der Waals surface area (Å²) in [5.74, 6) is 1.98. The summed E-state index contributed by atoms with van der Waals surface area (Å²) in [6, 6.07) is 0. The number of hydrogen-bond donors (Lipinski definition) is 2. The molecule has 1 heterocycles. The van der Waals surface area contributed by atoms with Crippen molar-refractivity contribution in [3.05, 3.63) is 0 Å². The van der Waals surface area contributed by atoms with Gasteiger partial charge in [-0.1, -0.05) is 20.8 Å². The SMILES string of the molecule is CCN(CC)c1nc(NC)nc(NC(CC)(CC)CC)n1. The maximum atomic E-state index is 4.60. The molecule has 0 bridgehead atoms. The van der Waals surface area contributed by atoms with E-state index in [1.54, 1.807) is 0 Å². The fourth-order valence-corrected chi connectivity index (χ4v) is 2.43. The fraction of sp³-hybridized carbons (Fsp3) is 0.800. The second-order valence-electron chi connectivity index (χ2n) is 5.17. The molecule has 0 atom stereocenters. The Hall–Kier alpha value is -1.59. The lowest BCUT2D eigenvalue weighted by atomic mass is 9.90. The summed E-state index contributed by atoms with van der Waals surface area (Å²) >= 11 is 0. The van der Waals surface area contributed by atoms with Gasteiger partial charge in [0.15, 0.2) is 0 Å². The maximum absolute atomic E-state index is 4.60. The molecule has 0 radical (unpaired) electrons. The molecule has 0 fully saturated rings. The number of nitrogens with zero attached hydrogens (tertiary/aromatic N) is 4. The van der Waals surface area contributed by atoms with E-state index in [4.69, 9.17) is 0 Å². The monoisotopic (exact) mass is 294 g/mol. The second kappa shape index (κ2) is 8.00. The first-order valence-electron chi connectivity index (χ1n) is 8.04. The van der Waals surface area contributed by atoms with E-state index in [-0.39, 0.29) is 5.54 Å². The molecular formula is C15H30N6. The van der Waals surface area contributed by atoms with Gasteiger partial charge in [0, 0.05) is 25.7 Å². The first kappa shape index (κ1) is 17.5. The van der Waals surface area contributed by atoms with Crippen LogP contribution in [0.1, 0.15) is 53.9 Å². The van der Waals surface area contributed by atoms with Crippen molar-refractivity contribution in [3.8, 4) is 0 Å². The van der Waals surface area contributed by atoms with E-state index in [1.165, 1.54) is 0 Å². The molecule has 0 unspecified atom stereocenters. The molecule has 0 saturated carbocycles. The van der Waals surface area contributed by atoms with Crippen LogP contribution in [-0.2, 0) is 0 Å². The third-order valence-corrected chi connectivity index (χ3v) is 4.30. The maximum Gasteiger partial charge on any atom is 0.231 e. The van der Waals surface area contributed by atoms with Crippen LogP contribution in [-0.4, -0.2) is 40.6 Å². The van der Waals surface area contributed by atoms with Crippen LogP contribution in [0.5, 0.6) is 0 Å². The Labute approximate surface area is 128 Å². The predicted molar refractivity (Wildman–Crippen MR) is 90.2 cm³/mol. The Kier molecular flexibility index (Phi) is 6.65. The van der Waals surface area contributed by atoms with E-state index < -0.39 is 0 Å². The molecule has 2 N–H and O–H groups in total. The average Bonchev–Trinajstić information content (AvgIpc) is 2.53. The molecule has 0 aromatic carbocycles. The largest absolute Gasteiger partial charge is 0.357 e. The fourth-order valence-electron chi connectivity index (χ4n) is 2.43. The summed E-state index contributed by atoms with van der Waals surface area (Å²) in [6.45, 7) is 12.6. The van der Waals surface area contributed by atoms with E-state index in [2.05, 4.69) is 65.1 Å². The Balaban J connectivity index is 3.14. The Morgan fingerprint density at radius 1 is 0.857 bits per heavy atom. The third kappa shape index (κ3) is 4.19. The molecule has 1 aromatic rings. The van der Waals surface area contributed by atoms with Gasteiger partial charge in [-0.15, -0.1) is 0 Å². The standard InChI is InChI=1S/C15H30N6/c1-7-15(8-2,9-3)20-13-17-12(16-6)18-14(19-13)21(10-4)11-5/h7-11H2,1-6H3,(H2,16,17,18,19,20). The molecule has 0 aliphatic heterocycles. The van der Waals surface area contributed by atoms with Gasteiger partial charge in [-0.2, -0.15) is 15.0 Å². The Morgan fingerprint density at radius 3 is 1.81 bits per heavy atom. The van der Waals surface area contributed by atoms with Crippen molar-refractivity contribution in [1.82, 2.24) is 15.0 Å². The molecular weight excluding hydrogens is 264 g/mol. The molecule has 6 heteroatoms. The van der Waals surface area contributed by atoms with Crippen LogP contribution >= 0.6 is 0 Å². The number of aromatic nitrogens is 3. The summed E-state index contributed by atoms with van der Waals surface area (Å²) in [5.41, 5.74) is 0.0485. The van der Waals surface area contributed by atoms with E-state index in [0.717, 1.165) is 38.3 Å². The van der Waals surface area contributed by atoms with Crippen LogP contribution in [0.15, 0.2) is 0 Å². The van der Waals surface area contributed by atoms with Crippen molar-refractivity contribution >= 4 is 17.8 Å². The van der Waals surface area contributed by atoms with Crippen molar-refractivity contribution in [2.75, 3.05) is 35.7 Å². The van der Waals surface area contributed by atoms with E-state index in [9.17, 15) is 0 Å². The first-order valence-corrected chi connectivity index (χ1v) is 8.04. The number of rotatable bonds is 9. The summed E-state index contributed by atoms with van der Waals surface area (Å²) in [7, 11) is 1.83. The van der Waals surface area contributed by atoms with Gasteiger partial charge in [0.1, 0.15) is 0 Å². The number of anilines is 3. The van der Waals surface area contributed by atoms with Crippen LogP contribution in [0.4, 0.5) is 17.8 Å². The summed E-state index contributed by atoms with van der Waals surface area (Å²) < 4.78 is 0. The highest BCUT2D eigenvalue weighted by Crippen LogP contribution is 2.25. The topological polar surface area (TPSA) is 66.0 Å². The summed E-state index contributed by atoms with van der Waals surface area (Å²) in [5, 5.41) is 6.55. The molecule has 21 heavy (non-hydrogen) atoms. The minimum atomic E-state index is 0.0485. The summed E-state index contributed by atoms with van der Waals surface area (Å²) in [6.07, 6.45) is 3.13. The first-order chi connectivity index (χ1) is 10.1. The normalized spacial score (nSPS) is 11.3. The van der Waals surface area contributed by atoms with Crippen LogP contribution in [0.3, 0.4) is 0 Å². The highest BCUT2D eigenvalue weighted by atomic mass is 15.3. The van der Waals surface area contributed by atoms with Crippen molar-refractivity contribution in [2.24, 2.45) is 0 Å². The van der Waals surface area contributed by atoms with Gasteiger partial charge in [-0.25, -0.2) is 0 Å². The van der Waals surface area contributed by atoms with Gasteiger partial charge in [0.05, 0.1) is 0 Å². The van der Waals surface area contributed by atoms with Gasteiger partial charge in [0.2, 0.25) is 17.8 Å². The molecule has 6 nitrogen and oxygen atoms in total. The molecule has 0 spiro atoms. The Bertz CT molecular complexity index is 418. The zero-order valence-electron chi connectivity index (χ0n) is 14.3. The minimum absolute atomic E-state index is 0.0485. The van der Waals surface area contributed by atoms with Gasteiger partial charge < -0.3 is 15.5 Å². The number of nitrogens with one attached hydrogen (secondary N) is 2. The number of hydrogen-bond acceptors (Lipinski definition) is 6. The smallest absolute Gasteiger partial charge is 0.231 e. The molecule has 0 aliphatic carbocycles. The van der Waals surface area contributed by atoms with E-state index in [0.29, 0.717) is 11.9 Å². The molecule has 0 saturated heterocycles. The van der Waals surface area contributed by atoms with Crippen molar-refractivity contribution in [1.29, 1.82) is 0 Å². The zero-order chi connectivity index (χ0) is 15.9. The minimum Gasteiger partial charge on any atom is -0.357 e. The molecule has 1 rings (SSSR count). The third-order valence-electron chi connectivity index (χ3n) is 4.30. The highest BCUT2D eigenvalue weighted by molar-refractivity contribution is 5.44. The zero-order valence-corrected chi connectivity index (χ0v) is 14.3. The van der Waals surface area contributed by atoms with Gasteiger partial charge in [0.25, 0.3) is 0 Å². The molecule has 0 amide bonds. The lowest BCUT2D eigenvalue weighted by Crippen LogP contribution is -2.37. The van der Waals surface area contributed by atoms with Crippen LogP contribution in [0.25, 0.3) is 0 Å². The summed E-state index contributed by atoms with van der Waals surface area (Å²) in [4.78, 5) is 15.6. The van der Waals surface area contributed by atoms with Crippen molar-refractivity contribution < 1.29 is 0 Å². The lowest BCUT2D eigenvalue weighted by molar-refractivity contribution is 0.417. The van der Waals surface area contributed by atoms with Crippen molar-refractivity contribution in [3.63, 3.8) is 0 Å². The van der Waals surface area contributed by atoms with Gasteiger partial charge in [-0.3, -0.25) is 0 Å². The molecule has 1 aromatic heterocycles. The van der Waals surface area contributed by atoms with Gasteiger partial charge >= 0.3 is 0 Å².